The van der Waals surface area contributed by atoms with Crippen molar-refractivity contribution in [3.63, 3.8) is 0 Å². The van der Waals surface area contributed by atoms with Crippen LogP contribution in [-0.2, 0) is 28.7 Å². The third-order valence-electron chi connectivity index (χ3n) is 7.32. The smallest absolute Gasteiger partial charge is 0.329 e. The number of carbonyl (C=O) groups excluding carboxylic acids is 4. The molecule has 0 aromatic rings. The standard InChI is InChI=1S/C29H46N2O7/c1-9-19(6)26-28(36)31-27(20(7)10-2)29(37)38-23(21(8)22(32)15-24(33)30-26)13-17(4)11-16(3)12-18(5)14-25(34)35/h13-14,16,19-21,23,26-27H,9-12,15H2,1-8H3,(H,30,33)(H,31,36)(H,34,35)/b17-13+,18-14+/t16-,19+,20+,21+,23+,26-,27+/m1/s1. The molecule has 214 valence electrons. The van der Waals surface area contributed by atoms with Crippen LogP contribution in [0.25, 0.3) is 0 Å². The second-order valence-electron chi connectivity index (χ2n) is 11.0. The zero-order valence-corrected chi connectivity index (χ0v) is 24.1. The fraction of sp³-hybridized carbons (Fsp3) is 0.690. The third-order valence-corrected chi connectivity index (χ3v) is 7.32. The number of Topliss-reactive ketones (excluding diaryl/α,β-unsaturated/α-hetero) is 1. The van der Waals surface area contributed by atoms with E-state index in [4.69, 9.17) is 9.84 Å². The first-order valence-corrected chi connectivity index (χ1v) is 13.6. The van der Waals surface area contributed by atoms with Crippen molar-refractivity contribution < 1.29 is 33.8 Å². The lowest BCUT2D eigenvalue weighted by atomic mass is 9.90. The number of allylic oxidation sites excluding steroid dienone is 2. The number of ketones is 1. The monoisotopic (exact) mass is 534 g/mol. The maximum absolute atomic E-state index is 13.4. The molecule has 7 atom stereocenters. The molecule has 9 heteroatoms. The Morgan fingerprint density at radius 1 is 0.974 bits per heavy atom. The number of esters is 1. The molecule has 38 heavy (non-hydrogen) atoms. The molecule has 9 nitrogen and oxygen atoms in total. The highest BCUT2D eigenvalue weighted by molar-refractivity contribution is 6.01. The minimum Gasteiger partial charge on any atom is -0.478 e. The van der Waals surface area contributed by atoms with Crippen LogP contribution in [-0.4, -0.2) is 52.8 Å². The van der Waals surface area contributed by atoms with Crippen LogP contribution in [0.15, 0.2) is 23.3 Å². The zero-order chi connectivity index (χ0) is 29.2. The van der Waals surface area contributed by atoms with Gasteiger partial charge in [0, 0.05) is 6.08 Å². The summed E-state index contributed by atoms with van der Waals surface area (Å²) >= 11 is 0. The molecule has 0 radical (unpaired) electrons. The number of rotatable bonds is 10. The fourth-order valence-corrected chi connectivity index (χ4v) is 4.62. The van der Waals surface area contributed by atoms with Crippen molar-refractivity contribution >= 4 is 29.5 Å². The van der Waals surface area contributed by atoms with Crippen molar-refractivity contribution in [3.05, 3.63) is 23.3 Å². The van der Waals surface area contributed by atoms with Crippen LogP contribution < -0.4 is 10.6 Å². The number of amides is 2. The van der Waals surface area contributed by atoms with Gasteiger partial charge in [-0.2, -0.15) is 0 Å². The van der Waals surface area contributed by atoms with Crippen molar-refractivity contribution in [1.82, 2.24) is 10.6 Å². The summed E-state index contributed by atoms with van der Waals surface area (Å²) in [5.74, 6) is -4.10. The molecule has 0 spiro atoms. The molecule has 0 bridgehead atoms. The van der Waals surface area contributed by atoms with E-state index in [0.29, 0.717) is 25.7 Å². The summed E-state index contributed by atoms with van der Waals surface area (Å²) in [4.78, 5) is 63.3. The summed E-state index contributed by atoms with van der Waals surface area (Å²) in [5, 5.41) is 14.5. The molecule has 3 N–H and O–H groups in total. The molecule has 1 aliphatic heterocycles. The van der Waals surface area contributed by atoms with Gasteiger partial charge in [-0.05, 0) is 50.5 Å². The van der Waals surface area contributed by atoms with E-state index in [-0.39, 0.29) is 23.5 Å². The van der Waals surface area contributed by atoms with Crippen molar-refractivity contribution in [2.75, 3.05) is 0 Å². The summed E-state index contributed by atoms with van der Waals surface area (Å²) in [7, 11) is 0. The van der Waals surface area contributed by atoms with Crippen LogP contribution >= 0.6 is 0 Å². The van der Waals surface area contributed by atoms with Gasteiger partial charge in [-0.25, -0.2) is 9.59 Å². The van der Waals surface area contributed by atoms with Gasteiger partial charge >= 0.3 is 11.9 Å². The number of hydrogen-bond acceptors (Lipinski definition) is 6. The first kappa shape index (κ1) is 33.1. The molecule has 0 aromatic carbocycles. The van der Waals surface area contributed by atoms with Gasteiger partial charge in [0.25, 0.3) is 0 Å². The van der Waals surface area contributed by atoms with E-state index >= 15 is 0 Å². The number of hydrogen-bond donors (Lipinski definition) is 3. The van der Waals surface area contributed by atoms with Gasteiger partial charge in [0.05, 0.1) is 12.3 Å². The normalized spacial score (nSPS) is 26.7. The van der Waals surface area contributed by atoms with Gasteiger partial charge in [-0.3, -0.25) is 14.4 Å². The number of carboxylic acid groups (broad SMARTS) is 1. The fourth-order valence-electron chi connectivity index (χ4n) is 4.62. The van der Waals surface area contributed by atoms with Gasteiger partial charge in [-0.15, -0.1) is 0 Å². The average Bonchev–Trinajstić information content (AvgIpc) is 2.82. The van der Waals surface area contributed by atoms with Gasteiger partial charge in [0.15, 0.2) is 0 Å². The maximum atomic E-state index is 13.4. The van der Waals surface area contributed by atoms with E-state index < -0.39 is 54.3 Å². The van der Waals surface area contributed by atoms with Gasteiger partial charge < -0.3 is 20.5 Å². The first-order chi connectivity index (χ1) is 17.7. The lowest BCUT2D eigenvalue weighted by Gasteiger charge is -2.31. The topological polar surface area (TPSA) is 139 Å². The minimum atomic E-state index is -0.989. The number of nitrogens with one attached hydrogen (secondary N) is 2. The Morgan fingerprint density at radius 3 is 2.08 bits per heavy atom. The largest absolute Gasteiger partial charge is 0.478 e. The Morgan fingerprint density at radius 2 is 1.53 bits per heavy atom. The third kappa shape index (κ3) is 10.4. The highest BCUT2D eigenvalue weighted by atomic mass is 16.5. The summed E-state index contributed by atoms with van der Waals surface area (Å²) in [6.45, 7) is 14.7. The summed E-state index contributed by atoms with van der Waals surface area (Å²) in [6.07, 6.45) is 3.98. The molecule has 0 aromatic heterocycles. The summed E-state index contributed by atoms with van der Waals surface area (Å²) in [5.41, 5.74) is 1.61. The maximum Gasteiger partial charge on any atom is 0.329 e. The van der Waals surface area contributed by atoms with E-state index in [9.17, 15) is 24.0 Å². The van der Waals surface area contributed by atoms with Crippen molar-refractivity contribution in [2.45, 2.75) is 106 Å². The number of aliphatic carboxylic acids is 1. The van der Waals surface area contributed by atoms with Crippen LogP contribution in [0.4, 0.5) is 0 Å². The molecule has 0 aliphatic carbocycles. The summed E-state index contributed by atoms with van der Waals surface area (Å²) < 4.78 is 5.86. The molecule has 1 rings (SSSR count). The number of cyclic esters (lactones) is 1. The molecule has 1 saturated heterocycles. The van der Waals surface area contributed by atoms with Crippen molar-refractivity contribution in [3.8, 4) is 0 Å². The first-order valence-electron chi connectivity index (χ1n) is 13.6. The highest BCUT2D eigenvalue weighted by Crippen LogP contribution is 2.23. The zero-order valence-electron chi connectivity index (χ0n) is 24.1. The van der Waals surface area contributed by atoms with E-state index in [0.717, 1.165) is 11.1 Å². The van der Waals surface area contributed by atoms with Crippen LogP contribution in [0.2, 0.25) is 0 Å². The Bertz CT molecular complexity index is 939. The molecular formula is C29H46N2O7. The van der Waals surface area contributed by atoms with Gasteiger partial charge in [-0.1, -0.05) is 65.5 Å². The average molecular weight is 535 g/mol. The summed E-state index contributed by atoms with van der Waals surface area (Å²) in [6, 6.07) is -1.80. The number of carbonyl (C=O) groups is 5. The second kappa shape index (κ2) is 15.4. The molecule has 0 saturated carbocycles. The lowest BCUT2D eigenvalue weighted by Crippen LogP contribution is -2.57. The molecule has 1 heterocycles. The van der Waals surface area contributed by atoms with E-state index in [1.54, 1.807) is 19.9 Å². The SMILES string of the molecule is CC[C@H](C)[C@@H]1NC(=O)[C@@H]([C@@H](C)CC)NC(=O)CC(=O)[C@H](C)[C@H](/C=C(\C)C[C@@H](C)C/C(C)=C/C(=O)O)OC1=O. The van der Waals surface area contributed by atoms with Crippen LogP contribution in [0, 0.1) is 23.7 Å². The molecule has 1 aliphatic rings. The number of ether oxygens (including phenoxy) is 1. The molecule has 1 fully saturated rings. The predicted octanol–water partition coefficient (Wildman–Crippen LogP) is 3.96. The molecule has 2 amide bonds. The predicted molar refractivity (Wildman–Crippen MR) is 145 cm³/mol. The van der Waals surface area contributed by atoms with Crippen LogP contribution in [0.1, 0.15) is 87.5 Å². The van der Waals surface area contributed by atoms with E-state index in [2.05, 4.69) is 10.6 Å². The highest BCUT2D eigenvalue weighted by Gasteiger charge is 2.37. The lowest BCUT2D eigenvalue weighted by molar-refractivity contribution is -0.156. The second-order valence-corrected chi connectivity index (χ2v) is 11.0. The molecule has 0 unspecified atom stereocenters. The Labute approximate surface area is 226 Å². The Balaban J connectivity index is 3.32. The van der Waals surface area contributed by atoms with Gasteiger partial charge in [0.2, 0.25) is 11.8 Å². The van der Waals surface area contributed by atoms with Crippen molar-refractivity contribution in [2.24, 2.45) is 23.7 Å². The number of carboxylic acids is 1. The Hall–Kier alpha value is -2.97. The van der Waals surface area contributed by atoms with Gasteiger partial charge in [0.1, 0.15) is 24.0 Å². The Kier molecular flexibility index (Phi) is 13.4. The van der Waals surface area contributed by atoms with E-state index in [1.807, 2.05) is 41.5 Å². The van der Waals surface area contributed by atoms with E-state index in [1.165, 1.54) is 6.08 Å². The van der Waals surface area contributed by atoms with Crippen molar-refractivity contribution in [1.29, 1.82) is 0 Å². The van der Waals surface area contributed by atoms with Crippen LogP contribution in [0.3, 0.4) is 0 Å². The van der Waals surface area contributed by atoms with Crippen LogP contribution in [0.5, 0.6) is 0 Å². The molecular weight excluding hydrogens is 488 g/mol. The minimum absolute atomic E-state index is 0.116. The quantitative estimate of drug-likeness (QED) is 0.167.